The van der Waals surface area contributed by atoms with Crippen LogP contribution in [0, 0.1) is 0 Å². The van der Waals surface area contributed by atoms with Crippen LogP contribution in [0.25, 0.3) is 10.9 Å². The fourth-order valence-corrected chi connectivity index (χ4v) is 1.59. The molecule has 138 valence electrons. The van der Waals surface area contributed by atoms with Gasteiger partial charge < -0.3 is 15.6 Å². The molecule has 0 aliphatic heterocycles. The number of pyridine rings is 1. The number of hydrogen-bond donors (Lipinski definition) is 2. The van der Waals surface area contributed by atoms with Gasteiger partial charge in [-0.1, -0.05) is 0 Å². The lowest BCUT2D eigenvalue weighted by Crippen LogP contribution is -2.21. The Morgan fingerprint density at radius 2 is 1.76 bits per heavy atom. The third-order valence-electron chi connectivity index (χ3n) is 2.65. The number of nitrogens with zero attached hydrogens (tertiary/aromatic N) is 1. The molecule has 0 aliphatic carbocycles. The van der Waals surface area contributed by atoms with Gasteiger partial charge in [-0.3, -0.25) is 4.98 Å². The molecule has 0 saturated carbocycles. The van der Waals surface area contributed by atoms with Crippen LogP contribution in [0.2, 0.25) is 0 Å². The van der Waals surface area contributed by atoms with Crippen molar-refractivity contribution >= 4 is 16.9 Å². The van der Waals surface area contributed by atoms with E-state index in [1.54, 1.807) is 6.07 Å². The maximum Gasteiger partial charge on any atom is 0.490 e. The molecule has 1 aromatic heterocycles. The second kappa shape index (κ2) is 8.01. The summed E-state index contributed by atoms with van der Waals surface area (Å²) in [6.45, 7) is 0.643. The van der Waals surface area contributed by atoms with Crippen LogP contribution in [0.5, 0.6) is 5.75 Å². The lowest BCUT2D eigenvalue weighted by Gasteiger charge is -2.10. The van der Waals surface area contributed by atoms with Gasteiger partial charge in [0, 0.05) is 18.1 Å². The average Bonchev–Trinajstić information content (AvgIpc) is 2.51. The highest BCUT2D eigenvalue weighted by molar-refractivity contribution is 5.85. The Kier molecular flexibility index (Phi) is 6.56. The number of carbonyl (C=O) groups is 1. The van der Waals surface area contributed by atoms with E-state index < -0.39 is 23.9 Å². The molecule has 2 aromatic rings. The Balaban J connectivity index is 0.000000381. The zero-order valence-electron chi connectivity index (χ0n) is 12.4. The molecule has 5 nitrogen and oxygen atoms in total. The van der Waals surface area contributed by atoms with Crippen molar-refractivity contribution in [1.82, 2.24) is 4.98 Å². The summed E-state index contributed by atoms with van der Waals surface area (Å²) in [5.74, 6) is -2.27. The van der Waals surface area contributed by atoms with Gasteiger partial charge in [-0.05, 0) is 24.3 Å². The predicted molar refractivity (Wildman–Crippen MR) is 75.0 cm³/mol. The second-order valence-corrected chi connectivity index (χ2v) is 4.48. The average molecular weight is 370 g/mol. The number of hydrogen-bond acceptors (Lipinski definition) is 4. The van der Waals surface area contributed by atoms with Crippen LogP contribution in [0.4, 0.5) is 26.3 Å². The molecule has 0 atom stereocenters. The Labute approximate surface area is 137 Å². The van der Waals surface area contributed by atoms with E-state index in [2.05, 4.69) is 4.98 Å². The molecule has 0 spiro atoms. The van der Waals surface area contributed by atoms with Crippen molar-refractivity contribution in [2.24, 2.45) is 5.73 Å². The highest BCUT2D eigenvalue weighted by Crippen LogP contribution is 2.33. The van der Waals surface area contributed by atoms with Crippen LogP contribution >= 0.6 is 0 Å². The summed E-state index contributed by atoms with van der Waals surface area (Å²) in [6, 6.07) is 4.98. The lowest BCUT2D eigenvalue weighted by atomic mass is 10.1. The van der Waals surface area contributed by atoms with Gasteiger partial charge in [0.2, 0.25) is 0 Å². The minimum Gasteiger partial charge on any atom is -0.492 e. The fourth-order valence-electron chi connectivity index (χ4n) is 1.59. The quantitative estimate of drug-likeness (QED) is 0.811. The van der Waals surface area contributed by atoms with Gasteiger partial charge in [0.05, 0.1) is 11.1 Å². The molecular weight excluding hydrogens is 358 g/mol. The summed E-state index contributed by atoms with van der Waals surface area (Å²) >= 11 is 0. The molecule has 0 radical (unpaired) electrons. The summed E-state index contributed by atoms with van der Waals surface area (Å²) in [6.07, 6.45) is -8.04. The second-order valence-electron chi connectivity index (χ2n) is 4.48. The van der Waals surface area contributed by atoms with E-state index >= 15 is 0 Å². The van der Waals surface area contributed by atoms with E-state index in [4.69, 9.17) is 20.4 Å². The molecular formula is C14H12F6N2O3. The molecule has 25 heavy (non-hydrogen) atoms. The van der Waals surface area contributed by atoms with E-state index in [1.807, 2.05) is 0 Å². The first-order chi connectivity index (χ1) is 11.5. The zero-order chi connectivity index (χ0) is 19.3. The van der Waals surface area contributed by atoms with Crippen LogP contribution in [0.15, 0.2) is 30.5 Å². The molecule has 2 rings (SSSR count). The molecule has 1 heterocycles. The number of aliphatic carboxylic acids is 1. The van der Waals surface area contributed by atoms with Crippen molar-refractivity contribution in [3.8, 4) is 5.75 Å². The highest BCUT2D eigenvalue weighted by Gasteiger charge is 2.38. The Hall–Kier alpha value is -2.56. The number of carboxylic acid groups (broad SMARTS) is 1. The molecule has 0 unspecified atom stereocenters. The van der Waals surface area contributed by atoms with E-state index in [1.165, 1.54) is 12.3 Å². The highest BCUT2D eigenvalue weighted by atomic mass is 19.4. The minimum atomic E-state index is -5.08. The molecule has 11 heteroatoms. The molecule has 0 saturated heterocycles. The van der Waals surface area contributed by atoms with Crippen LogP contribution in [0.3, 0.4) is 0 Å². The van der Waals surface area contributed by atoms with Crippen molar-refractivity contribution in [1.29, 1.82) is 0 Å². The van der Waals surface area contributed by atoms with Crippen LogP contribution in [0.1, 0.15) is 5.56 Å². The lowest BCUT2D eigenvalue weighted by molar-refractivity contribution is -0.192. The summed E-state index contributed by atoms with van der Waals surface area (Å²) in [7, 11) is 0. The first kappa shape index (κ1) is 20.5. The topological polar surface area (TPSA) is 85.4 Å². The maximum absolute atomic E-state index is 12.5. The predicted octanol–water partition coefficient (Wildman–Crippen LogP) is 3.22. The number of alkyl halides is 6. The van der Waals surface area contributed by atoms with Crippen LogP contribution < -0.4 is 10.5 Å². The summed E-state index contributed by atoms with van der Waals surface area (Å²) < 4.78 is 74.7. The normalized spacial score (nSPS) is 11.6. The number of fused-ring (bicyclic) bond motifs is 1. The smallest absolute Gasteiger partial charge is 0.490 e. The van der Waals surface area contributed by atoms with Gasteiger partial charge >= 0.3 is 18.3 Å². The van der Waals surface area contributed by atoms with Gasteiger partial charge in [0.15, 0.2) is 0 Å². The van der Waals surface area contributed by atoms with Gasteiger partial charge in [-0.2, -0.15) is 26.3 Å². The number of carboxylic acids is 1. The molecule has 0 aliphatic rings. The van der Waals surface area contributed by atoms with Crippen LogP contribution in [-0.2, 0) is 11.0 Å². The molecule has 1 aromatic carbocycles. The van der Waals surface area contributed by atoms with Gasteiger partial charge in [0.25, 0.3) is 0 Å². The van der Waals surface area contributed by atoms with Gasteiger partial charge in [0.1, 0.15) is 12.4 Å². The molecule has 0 amide bonds. The standard InChI is InChI=1S/C12H11F3N2O.C2HF3O2/c13-12(14,15)8-1-2-9-10(7-8)17-5-3-11(9)18-6-4-16;3-2(4,5)1(6)7/h1-3,5,7H,4,6,16H2;(H,6,7). The Bertz CT molecular complexity index is 731. The van der Waals surface area contributed by atoms with Crippen molar-refractivity contribution in [3.05, 3.63) is 36.0 Å². The van der Waals surface area contributed by atoms with Gasteiger partial charge in [-0.15, -0.1) is 0 Å². The van der Waals surface area contributed by atoms with E-state index in [0.29, 0.717) is 24.3 Å². The first-order valence-electron chi connectivity index (χ1n) is 6.55. The third-order valence-corrected chi connectivity index (χ3v) is 2.65. The SMILES string of the molecule is NCCOc1ccnc2cc(C(F)(F)F)ccc12.O=C(O)C(F)(F)F. The largest absolute Gasteiger partial charge is 0.492 e. The summed E-state index contributed by atoms with van der Waals surface area (Å²) in [5.41, 5.74) is 4.84. The summed E-state index contributed by atoms with van der Waals surface area (Å²) in [5, 5.41) is 7.67. The van der Waals surface area contributed by atoms with Gasteiger partial charge in [-0.25, -0.2) is 4.79 Å². The van der Waals surface area contributed by atoms with Crippen molar-refractivity contribution < 1.29 is 41.0 Å². The first-order valence-corrected chi connectivity index (χ1v) is 6.55. The van der Waals surface area contributed by atoms with Crippen LogP contribution in [-0.4, -0.2) is 35.4 Å². The number of nitrogens with two attached hydrogens (primary N) is 1. The van der Waals surface area contributed by atoms with Crippen molar-refractivity contribution in [2.75, 3.05) is 13.2 Å². The fraction of sp³-hybridized carbons (Fsp3) is 0.286. The number of ether oxygens (including phenoxy) is 1. The van der Waals surface area contributed by atoms with E-state index in [9.17, 15) is 26.3 Å². The third kappa shape index (κ3) is 6.10. The van der Waals surface area contributed by atoms with E-state index in [-0.39, 0.29) is 5.52 Å². The summed E-state index contributed by atoms with van der Waals surface area (Å²) in [4.78, 5) is 12.8. The molecule has 3 N–H and O–H groups in total. The van der Waals surface area contributed by atoms with E-state index in [0.717, 1.165) is 12.1 Å². The molecule has 0 bridgehead atoms. The maximum atomic E-state index is 12.5. The number of rotatable bonds is 3. The monoisotopic (exact) mass is 370 g/mol. The Morgan fingerprint density at radius 3 is 2.24 bits per heavy atom. The minimum absolute atomic E-state index is 0.249. The number of benzene rings is 1. The van der Waals surface area contributed by atoms with Crippen molar-refractivity contribution in [3.63, 3.8) is 0 Å². The zero-order valence-corrected chi connectivity index (χ0v) is 12.4. The van der Waals surface area contributed by atoms with Crippen molar-refractivity contribution in [2.45, 2.75) is 12.4 Å². The number of aromatic nitrogens is 1. The molecule has 0 fully saturated rings. The number of halogens is 6. The Morgan fingerprint density at radius 1 is 1.16 bits per heavy atom.